The average Bonchev–Trinajstić information content (AvgIpc) is 3.67. The lowest BCUT2D eigenvalue weighted by atomic mass is 10.2. The number of fused-ring (bicyclic) bond motifs is 3. The van der Waals surface area contributed by atoms with Gasteiger partial charge in [-0.05, 0) is 37.5 Å². The van der Waals surface area contributed by atoms with E-state index in [1.165, 1.54) is 6.20 Å². The van der Waals surface area contributed by atoms with Crippen molar-refractivity contribution in [2.75, 3.05) is 26.9 Å². The first-order chi connectivity index (χ1) is 20.2. The SMILES string of the molecule is COCCNC(=O)c1ccc(COc2nn3c(-c4cc(COC5CCCCO5)on4)nnc3c3ccccc23)nc1. The van der Waals surface area contributed by atoms with Gasteiger partial charge in [-0.3, -0.25) is 9.78 Å². The summed E-state index contributed by atoms with van der Waals surface area (Å²) in [5, 5.41) is 21.9. The fourth-order valence-electron chi connectivity index (χ4n) is 4.48. The van der Waals surface area contributed by atoms with Crippen LogP contribution in [-0.2, 0) is 27.4 Å². The van der Waals surface area contributed by atoms with Gasteiger partial charge in [0.1, 0.15) is 13.2 Å². The largest absolute Gasteiger partial charge is 0.470 e. The fraction of sp³-hybridized carbons (Fsp3) is 0.357. The Kier molecular flexibility index (Phi) is 8.07. The Bertz CT molecular complexity index is 1630. The lowest BCUT2D eigenvalue weighted by molar-refractivity contribution is -0.171. The van der Waals surface area contributed by atoms with Crippen LogP contribution in [0.3, 0.4) is 0 Å². The molecule has 0 radical (unpaired) electrons. The van der Waals surface area contributed by atoms with Crippen LogP contribution in [0.1, 0.15) is 41.1 Å². The van der Waals surface area contributed by atoms with E-state index in [-0.39, 0.29) is 25.4 Å². The summed E-state index contributed by atoms with van der Waals surface area (Å²) < 4.78 is 29.6. The molecule has 1 amide bonds. The number of carbonyl (C=O) groups excluding carboxylic acids is 1. The molecule has 5 heterocycles. The van der Waals surface area contributed by atoms with Gasteiger partial charge in [-0.1, -0.05) is 23.4 Å². The number of hydrogen-bond donors (Lipinski definition) is 1. The summed E-state index contributed by atoms with van der Waals surface area (Å²) >= 11 is 0. The Morgan fingerprint density at radius 3 is 2.83 bits per heavy atom. The zero-order valence-electron chi connectivity index (χ0n) is 22.5. The summed E-state index contributed by atoms with van der Waals surface area (Å²) in [6, 6.07) is 12.9. The van der Waals surface area contributed by atoms with Gasteiger partial charge in [0, 0.05) is 43.3 Å². The number of methoxy groups -OCH3 is 1. The molecule has 1 fully saturated rings. The van der Waals surface area contributed by atoms with Crippen molar-refractivity contribution in [3.8, 4) is 17.4 Å². The van der Waals surface area contributed by atoms with E-state index in [9.17, 15) is 4.79 Å². The molecular weight excluding hydrogens is 530 g/mol. The van der Waals surface area contributed by atoms with Crippen molar-refractivity contribution in [2.45, 2.75) is 38.8 Å². The molecule has 5 aromatic rings. The zero-order valence-corrected chi connectivity index (χ0v) is 22.5. The van der Waals surface area contributed by atoms with E-state index in [0.717, 1.165) is 30.0 Å². The molecule has 1 atom stereocenters. The van der Waals surface area contributed by atoms with Crippen molar-refractivity contribution in [2.24, 2.45) is 0 Å². The van der Waals surface area contributed by atoms with Crippen LogP contribution in [0.15, 0.2) is 53.2 Å². The van der Waals surface area contributed by atoms with Crippen molar-refractivity contribution in [3.05, 3.63) is 65.7 Å². The normalized spacial score (nSPS) is 15.4. The first-order valence-electron chi connectivity index (χ1n) is 13.4. The number of hydrogen-bond acceptors (Lipinski definition) is 11. The highest BCUT2D eigenvalue weighted by molar-refractivity contribution is 5.97. The quantitative estimate of drug-likeness (QED) is 0.238. The minimum atomic E-state index is -0.234. The zero-order chi connectivity index (χ0) is 28.0. The lowest BCUT2D eigenvalue weighted by Crippen LogP contribution is -2.27. The van der Waals surface area contributed by atoms with Crippen LogP contribution in [0.5, 0.6) is 5.88 Å². The molecule has 6 rings (SSSR count). The third kappa shape index (κ3) is 6.01. The summed E-state index contributed by atoms with van der Waals surface area (Å²) in [5.74, 6) is 1.11. The number of nitrogens with zero attached hydrogens (tertiary/aromatic N) is 6. The Morgan fingerprint density at radius 2 is 2.02 bits per heavy atom. The van der Waals surface area contributed by atoms with E-state index in [1.54, 1.807) is 29.8 Å². The van der Waals surface area contributed by atoms with E-state index in [4.69, 9.17) is 28.6 Å². The molecule has 1 aromatic carbocycles. The molecule has 0 spiro atoms. The molecule has 0 saturated carbocycles. The van der Waals surface area contributed by atoms with E-state index >= 15 is 0 Å². The van der Waals surface area contributed by atoms with Gasteiger partial charge < -0.3 is 28.8 Å². The third-order valence-electron chi connectivity index (χ3n) is 6.60. The van der Waals surface area contributed by atoms with Crippen LogP contribution in [0.2, 0.25) is 0 Å². The minimum Gasteiger partial charge on any atom is -0.470 e. The molecule has 212 valence electrons. The van der Waals surface area contributed by atoms with Crippen molar-refractivity contribution >= 4 is 22.3 Å². The molecule has 1 N–H and O–H groups in total. The Balaban J connectivity index is 1.21. The Morgan fingerprint density at radius 1 is 1.12 bits per heavy atom. The highest BCUT2D eigenvalue weighted by Gasteiger charge is 2.20. The van der Waals surface area contributed by atoms with Gasteiger partial charge in [-0.25, -0.2) is 0 Å². The van der Waals surface area contributed by atoms with Gasteiger partial charge in [-0.2, -0.15) is 4.52 Å². The van der Waals surface area contributed by atoms with Gasteiger partial charge in [0.25, 0.3) is 5.91 Å². The van der Waals surface area contributed by atoms with Crippen molar-refractivity contribution in [3.63, 3.8) is 0 Å². The smallest absolute Gasteiger partial charge is 0.252 e. The van der Waals surface area contributed by atoms with Gasteiger partial charge in [0.15, 0.2) is 23.4 Å². The van der Waals surface area contributed by atoms with Crippen molar-refractivity contribution < 1.29 is 28.3 Å². The maximum Gasteiger partial charge on any atom is 0.252 e. The number of aromatic nitrogens is 6. The molecule has 1 saturated heterocycles. The molecule has 1 unspecified atom stereocenters. The summed E-state index contributed by atoms with van der Waals surface area (Å²) in [4.78, 5) is 16.6. The topological polar surface area (TPSA) is 148 Å². The van der Waals surface area contributed by atoms with Gasteiger partial charge in [0.2, 0.25) is 11.7 Å². The molecular formula is C28H29N7O6. The highest BCUT2D eigenvalue weighted by Crippen LogP contribution is 2.29. The third-order valence-corrected chi connectivity index (χ3v) is 6.60. The maximum atomic E-state index is 12.2. The molecule has 41 heavy (non-hydrogen) atoms. The molecule has 0 aliphatic carbocycles. The van der Waals surface area contributed by atoms with Crippen molar-refractivity contribution in [1.29, 1.82) is 0 Å². The predicted molar refractivity (Wildman–Crippen MR) is 145 cm³/mol. The summed E-state index contributed by atoms with van der Waals surface area (Å²) in [6.45, 7) is 1.94. The van der Waals surface area contributed by atoms with E-state index in [0.29, 0.717) is 59.8 Å². The second kappa shape index (κ2) is 12.4. The molecule has 13 nitrogen and oxygen atoms in total. The number of rotatable bonds is 11. The van der Waals surface area contributed by atoms with Crippen LogP contribution < -0.4 is 10.1 Å². The van der Waals surface area contributed by atoms with Crippen LogP contribution >= 0.6 is 0 Å². The monoisotopic (exact) mass is 559 g/mol. The predicted octanol–water partition coefficient (Wildman–Crippen LogP) is 3.33. The highest BCUT2D eigenvalue weighted by atomic mass is 16.7. The molecule has 13 heteroatoms. The number of benzene rings is 1. The summed E-state index contributed by atoms with van der Waals surface area (Å²) in [5.41, 5.74) is 2.11. The fourth-order valence-corrected chi connectivity index (χ4v) is 4.48. The Hall–Kier alpha value is -4.46. The minimum absolute atomic E-state index is 0.139. The standard InChI is InChI=1S/C28H29N7O6/c1-37-13-11-29-27(36)18-9-10-19(30-15-18)16-40-28-22-7-3-2-6-21(22)25-31-32-26(35(25)33-28)23-14-20(41-34-23)17-39-24-8-4-5-12-38-24/h2-3,6-7,9-10,14-15,24H,4-5,8,11-13,16-17H2,1H3,(H,29,36). The van der Waals surface area contributed by atoms with E-state index in [1.807, 2.05) is 24.3 Å². The molecule has 0 bridgehead atoms. The maximum absolute atomic E-state index is 12.2. The van der Waals surface area contributed by atoms with Crippen LogP contribution in [0.4, 0.5) is 0 Å². The summed E-state index contributed by atoms with van der Waals surface area (Å²) in [6.07, 6.45) is 4.27. The molecule has 4 aromatic heterocycles. The first-order valence-corrected chi connectivity index (χ1v) is 13.4. The van der Waals surface area contributed by atoms with Crippen molar-refractivity contribution in [1.82, 2.24) is 35.3 Å². The number of amides is 1. The van der Waals surface area contributed by atoms with E-state index < -0.39 is 0 Å². The number of carbonyl (C=O) groups is 1. The second-order valence-electron chi connectivity index (χ2n) is 9.47. The molecule has 1 aliphatic rings. The van der Waals surface area contributed by atoms with Gasteiger partial charge >= 0.3 is 0 Å². The molecule has 1 aliphatic heterocycles. The van der Waals surface area contributed by atoms with Crippen LogP contribution in [0.25, 0.3) is 27.9 Å². The first kappa shape index (κ1) is 26.7. The van der Waals surface area contributed by atoms with Crippen LogP contribution in [0, 0.1) is 0 Å². The summed E-state index contributed by atoms with van der Waals surface area (Å²) in [7, 11) is 1.58. The van der Waals surface area contributed by atoms with E-state index in [2.05, 4.69) is 25.7 Å². The lowest BCUT2D eigenvalue weighted by Gasteiger charge is -2.21. The van der Waals surface area contributed by atoms with Gasteiger partial charge in [0.05, 0.1) is 17.9 Å². The van der Waals surface area contributed by atoms with Crippen LogP contribution in [-0.4, -0.2) is 69.0 Å². The number of pyridine rings is 1. The number of nitrogens with one attached hydrogen (secondary N) is 1. The second-order valence-corrected chi connectivity index (χ2v) is 9.47. The Labute approximate surface area is 234 Å². The van der Waals surface area contributed by atoms with Gasteiger partial charge in [-0.15, -0.1) is 15.3 Å². The average molecular weight is 560 g/mol. The number of ether oxygens (including phenoxy) is 4.